The fourth-order valence-electron chi connectivity index (χ4n) is 4.56. The summed E-state index contributed by atoms with van der Waals surface area (Å²) in [5, 5.41) is 9.22. The molecule has 0 aromatic heterocycles. The molecule has 3 fully saturated rings. The van der Waals surface area contributed by atoms with Crippen LogP contribution in [0.2, 0.25) is 0 Å². The van der Waals surface area contributed by atoms with E-state index in [1.165, 1.54) is 6.42 Å². The Bertz CT molecular complexity index is 450. The average Bonchev–Trinajstić information content (AvgIpc) is 2.45. The summed E-state index contributed by atoms with van der Waals surface area (Å²) in [6.07, 6.45) is 10.0. The van der Waals surface area contributed by atoms with Crippen LogP contribution in [0.5, 0.6) is 0 Å². The van der Waals surface area contributed by atoms with E-state index in [1.54, 1.807) is 6.08 Å². The number of allylic oxidation sites excluding steroid dienone is 2. The van der Waals surface area contributed by atoms with E-state index in [9.17, 15) is 14.7 Å². The smallest absolute Gasteiger partial charge is 0.303 e. The summed E-state index contributed by atoms with van der Waals surface area (Å²) in [6.45, 7) is 6.68. The molecule has 3 rings (SSSR count). The van der Waals surface area contributed by atoms with Crippen LogP contribution in [0.15, 0.2) is 12.2 Å². The van der Waals surface area contributed by atoms with E-state index < -0.39 is 5.97 Å². The molecule has 2 unspecified atom stereocenters. The third kappa shape index (κ3) is 3.61. The van der Waals surface area contributed by atoms with Gasteiger partial charge in [0.1, 0.15) is 0 Å². The third-order valence-corrected chi connectivity index (χ3v) is 6.14. The lowest BCUT2D eigenvalue weighted by atomic mass is 9.43. The maximum atomic E-state index is 11.9. The van der Waals surface area contributed by atoms with Gasteiger partial charge in [-0.25, -0.2) is 0 Å². The molecule has 0 heterocycles. The highest BCUT2D eigenvalue weighted by Gasteiger charge is 2.57. The number of fused-ring (bicyclic) bond motifs is 2. The molecular weight excluding hydrogens is 276 g/mol. The molecular formula is C19H30O3. The van der Waals surface area contributed by atoms with Crippen LogP contribution in [0, 0.1) is 29.1 Å². The van der Waals surface area contributed by atoms with Crippen molar-refractivity contribution in [2.75, 3.05) is 0 Å². The van der Waals surface area contributed by atoms with Gasteiger partial charge in [-0.2, -0.15) is 0 Å². The number of unbranched alkanes of at least 4 members (excludes halogenated alkanes) is 2. The van der Waals surface area contributed by atoms with Crippen LogP contribution < -0.4 is 0 Å². The lowest BCUT2D eigenvalue weighted by Crippen LogP contribution is -2.55. The molecule has 2 bridgehead atoms. The fourth-order valence-corrected chi connectivity index (χ4v) is 4.56. The summed E-state index contributed by atoms with van der Waals surface area (Å²) in [6, 6.07) is 0. The molecule has 3 aliphatic carbocycles. The van der Waals surface area contributed by atoms with Crippen molar-refractivity contribution < 1.29 is 14.7 Å². The van der Waals surface area contributed by atoms with Gasteiger partial charge >= 0.3 is 5.97 Å². The van der Waals surface area contributed by atoms with Crippen LogP contribution in [0.4, 0.5) is 0 Å². The molecule has 124 valence electrons. The second kappa shape index (κ2) is 6.97. The van der Waals surface area contributed by atoms with Crippen molar-refractivity contribution in [3.8, 4) is 0 Å². The van der Waals surface area contributed by atoms with E-state index in [0.717, 1.165) is 25.7 Å². The molecule has 0 saturated heterocycles. The van der Waals surface area contributed by atoms with Crippen molar-refractivity contribution in [1.82, 2.24) is 0 Å². The van der Waals surface area contributed by atoms with Crippen LogP contribution in [-0.4, -0.2) is 16.9 Å². The summed E-state index contributed by atoms with van der Waals surface area (Å²) < 4.78 is 0. The quantitative estimate of drug-likeness (QED) is 0.532. The van der Waals surface area contributed by atoms with E-state index in [0.29, 0.717) is 18.3 Å². The molecule has 0 radical (unpaired) electrons. The highest BCUT2D eigenvalue weighted by atomic mass is 16.4. The normalized spacial score (nSPS) is 32.7. The number of carbonyl (C=O) groups excluding carboxylic acids is 1. The molecule has 3 nitrogen and oxygen atoms in total. The number of rotatable bonds is 8. The zero-order valence-electron chi connectivity index (χ0n) is 14.2. The number of carboxylic acid groups (broad SMARTS) is 1. The Labute approximate surface area is 134 Å². The van der Waals surface area contributed by atoms with Gasteiger partial charge in [0.25, 0.3) is 0 Å². The maximum Gasteiger partial charge on any atom is 0.303 e. The van der Waals surface area contributed by atoms with Gasteiger partial charge in [0.15, 0.2) is 5.78 Å². The van der Waals surface area contributed by atoms with Gasteiger partial charge in [-0.05, 0) is 54.4 Å². The zero-order chi connectivity index (χ0) is 16.3. The van der Waals surface area contributed by atoms with Crippen molar-refractivity contribution in [2.24, 2.45) is 29.1 Å². The summed E-state index contributed by atoms with van der Waals surface area (Å²) in [5.41, 5.74) is 0.273. The van der Waals surface area contributed by atoms with Gasteiger partial charge in [0, 0.05) is 12.8 Å². The standard InChI is InChI=1S/C19H30O3/c1-4-5-6-7-15(20)9-8-13-10-14-11-17(19(14,2)3)16(13)12-18(21)22/h8-9,13-14,16-17H,4-7,10-12H2,1-3H3,(H,21,22)/t13?,14-,16?,17+/m1/s1. The van der Waals surface area contributed by atoms with E-state index in [4.69, 9.17) is 0 Å². The van der Waals surface area contributed by atoms with E-state index in [2.05, 4.69) is 20.8 Å². The number of carboxylic acids is 1. The Morgan fingerprint density at radius 2 is 1.95 bits per heavy atom. The lowest BCUT2D eigenvalue weighted by molar-refractivity contribution is -0.152. The van der Waals surface area contributed by atoms with E-state index in [1.807, 2.05) is 6.08 Å². The largest absolute Gasteiger partial charge is 0.481 e. The fraction of sp³-hybridized carbons (Fsp3) is 0.789. The summed E-state index contributed by atoms with van der Waals surface area (Å²) in [7, 11) is 0. The maximum absolute atomic E-state index is 11.9. The first-order valence-electron chi connectivity index (χ1n) is 8.79. The van der Waals surface area contributed by atoms with Crippen molar-refractivity contribution >= 4 is 11.8 Å². The van der Waals surface area contributed by atoms with Gasteiger partial charge in [-0.15, -0.1) is 0 Å². The van der Waals surface area contributed by atoms with Crippen LogP contribution >= 0.6 is 0 Å². The molecule has 22 heavy (non-hydrogen) atoms. The van der Waals surface area contributed by atoms with Crippen molar-refractivity contribution in [3.63, 3.8) is 0 Å². The zero-order valence-corrected chi connectivity index (χ0v) is 14.2. The van der Waals surface area contributed by atoms with Gasteiger partial charge in [-0.1, -0.05) is 39.7 Å². The first-order chi connectivity index (χ1) is 10.4. The monoisotopic (exact) mass is 306 g/mol. The molecule has 0 amide bonds. The predicted molar refractivity (Wildman–Crippen MR) is 87.5 cm³/mol. The van der Waals surface area contributed by atoms with Crippen LogP contribution in [0.25, 0.3) is 0 Å². The average molecular weight is 306 g/mol. The first-order valence-corrected chi connectivity index (χ1v) is 8.79. The summed E-state index contributed by atoms with van der Waals surface area (Å²) in [5.74, 6) is 1.12. The second-order valence-electron chi connectivity index (χ2n) is 7.80. The SMILES string of the molecule is CCCCCC(=O)C=CC1C[C@@H]2C[C@@H](C1CC(=O)O)C2(C)C. The minimum Gasteiger partial charge on any atom is -0.481 e. The van der Waals surface area contributed by atoms with E-state index in [-0.39, 0.29) is 29.5 Å². The van der Waals surface area contributed by atoms with Gasteiger partial charge in [0.2, 0.25) is 0 Å². The molecule has 4 atom stereocenters. The molecule has 0 aliphatic heterocycles. The van der Waals surface area contributed by atoms with Gasteiger partial charge in [0.05, 0.1) is 0 Å². The van der Waals surface area contributed by atoms with Crippen molar-refractivity contribution in [1.29, 1.82) is 0 Å². The van der Waals surface area contributed by atoms with Crippen LogP contribution in [0.1, 0.15) is 65.7 Å². The summed E-state index contributed by atoms with van der Waals surface area (Å²) in [4.78, 5) is 23.1. The lowest BCUT2D eigenvalue weighted by Gasteiger charge is -2.62. The highest BCUT2D eigenvalue weighted by molar-refractivity contribution is 5.89. The Balaban J connectivity index is 1.97. The molecule has 1 N–H and O–H groups in total. The number of hydrogen-bond acceptors (Lipinski definition) is 2. The number of hydrogen-bond donors (Lipinski definition) is 1. The van der Waals surface area contributed by atoms with Crippen molar-refractivity contribution in [3.05, 3.63) is 12.2 Å². The Kier molecular flexibility index (Phi) is 5.46. The first kappa shape index (κ1) is 17.2. The highest BCUT2D eigenvalue weighted by Crippen LogP contribution is 2.63. The molecule has 3 heteroatoms. The van der Waals surface area contributed by atoms with Gasteiger partial charge in [-0.3, -0.25) is 9.59 Å². The van der Waals surface area contributed by atoms with E-state index >= 15 is 0 Å². The molecule has 0 aromatic carbocycles. The molecule has 0 spiro atoms. The van der Waals surface area contributed by atoms with Crippen LogP contribution in [-0.2, 0) is 9.59 Å². The summed E-state index contributed by atoms with van der Waals surface area (Å²) >= 11 is 0. The minimum atomic E-state index is -0.709. The Morgan fingerprint density at radius 3 is 2.55 bits per heavy atom. The minimum absolute atomic E-state index is 0.192. The molecule has 0 aromatic rings. The third-order valence-electron chi connectivity index (χ3n) is 6.14. The molecule has 3 aliphatic rings. The number of ketones is 1. The number of aliphatic carboxylic acids is 1. The van der Waals surface area contributed by atoms with Gasteiger partial charge < -0.3 is 5.11 Å². The molecule has 3 saturated carbocycles. The number of carbonyl (C=O) groups is 2. The Hall–Kier alpha value is -1.12. The predicted octanol–water partition coefficient (Wildman–Crippen LogP) is 4.47. The Morgan fingerprint density at radius 1 is 1.23 bits per heavy atom. The van der Waals surface area contributed by atoms with Crippen molar-refractivity contribution in [2.45, 2.75) is 65.7 Å². The topological polar surface area (TPSA) is 54.4 Å². The van der Waals surface area contributed by atoms with Crippen LogP contribution in [0.3, 0.4) is 0 Å². The second-order valence-corrected chi connectivity index (χ2v) is 7.80.